The summed E-state index contributed by atoms with van der Waals surface area (Å²) in [4.78, 5) is 16.2. The number of ether oxygens (including phenoxy) is 1. The normalized spacial score (nSPS) is 11.0. The third kappa shape index (κ3) is 5.58. The molecule has 0 spiro atoms. The van der Waals surface area contributed by atoms with Crippen molar-refractivity contribution in [2.45, 2.75) is 6.54 Å². The summed E-state index contributed by atoms with van der Waals surface area (Å²) in [5.74, 6) is 1.33. The van der Waals surface area contributed by atoms with E-state index in [9.17, 15) is 4.79 Å². The molecule has 0 aliphatic rings. The predicted molar refractivity (Wildman–Crippen MR) is 97.8 cm³/mol. The number of thiophene rings is 1. The number of guanidine groups is 1. The average Bonchev–Trinajstić information content (AvgIpc) is 3.14. The Balaban J connectivity index is 1.67. The molecule has 0 radical (unpaired) electrons. The van der Waals surface area contributed by atoms with Crippen LogP contribution >= 0.6 is 11.3 Å². The average molecular weight is 346 g/mol. The number of hydrogen-bond donors (Lipinski definition) is 3. The first-order chi connectivity index (χ1) is 11.7. The lowest BCUT2D eigenvalue weighted by Gasteiger charge is -2.12. The fraction of sp³-hybridized carbons (Fsp3) is 0.294. The minimum Gasteiger partial charge on any atom is -0.497 e. The van der Waals surface area contributed by atoms with E-state index < -0.39 is 0 Å². The molecule has 0 atom stereocenters. The van der Waals surface area contributed by atoms with Gasteiger partial charge in [-0.1, -0.05) is 0 Å². The summed E-state index contributed by atoms with van der Waals surface area (Å²) in [6.07, 6.45) is 0. The molecule has 0 aliphatic carbocycles. The zero-order valence-electron chi connectivity index (χ0n) is 13.8. The van der Waals surface area contributed by atoms with Gasteiger partial charge in [-0.3, -0.25) is 9.79 Å². The summed E-state index contributed by atoms with van der Waals surface area (Å²) < 4.78 is 5.07. The van der Waals surface area contributed by atoms with E-state index in [4.69, 9.17) is 4.74 Å². The summed E-state index contributed by atoms with van der Waals surface area (Å²) in [6, 6.07) is 9.08. The van der Waals surface area contributed by atoms with E-state index >= 15 is 0 Å². The number of benzene rings is 1. The van der Waals surface area contributed by atoms with E-state index in [1.807, 2.05) is 5.38 Å². The Kier molecular flexibility index (Phi) is 7.10. The van der Waals surface area contributed by atoms with Crippen molar-refractivity contribution >= 4 is 23.2 Å². The number of amides is 1. The Labute approximate surface area is 146 Å². The van der Waals surface area contributed by atoms with E-state index in [1.54, 1.807) is 49.8 Å². The standard InChI is InChI=1S/C17H22N4O2S/c1-18-17(21-11-13-7-10-24-12-13)20-9-8-19-16(22)14-3-5-15(23-2)6-4-14/h3-7,10,12H,8-9,11H2,1-2H3,(H,19,22)(H2,18,20,21). The van der Waals surface area contributed by atoms with Crippen LogP contribution in [-0.2, 0) is 6.54 Å². The molecule has 2 aromatic rings. The second-order valence-corrected chi connectivity index (χ2v) is 5.75. The number of carbonyl (C=O) groups excluding carboxylic acids is 1. The van der Waals surface area contributed by atoms with Gasteiger partial charge in [0.2, 0.25) is 0 Å². The topological polar surface area (TPSA) is 74.8 Å². The SMILES string of the molecule is CN=C(NCCNC(=O)c1ccc(OC)cc1)NCc1ccsc1. The Bertz CT molecular complexity index is 654. The highest BCUT2D eigenvalue weighted by molar-refractivity contribution is 7.07. The summed E-state index contributed by atoms with van der Waals surface area (Å²) in [5.41, 5.74) is 1.83. The van der Waals surface area contributed by atoms with Gasteiger partial charge in [-0.05, 0) is 46.7 Å². The van der Waals surface area contributed by atoms with Crippen molar-refractivity contribution in [2.24, 2.45) is 4.99 Å². The highest BCUT2D eigenvalue weighted by Gasteiger charge is 2.05. The van der Waals surface area contributed by atoms with Crippen molar-refractivity contribution < 1.29 is 9.53 Å². The van der Waals surface area contributed by atoms with Gasteiger partial charge in [-0.25, -0.2) is 0 Å². The van der Waals surface area contributed by atoms with Crippen LogP contribution in [0, 0.1) is 0 Å². The van der Waals surface area contributed by atoms with Gasteiger partial charge in [-0.15, -0.1) is 0 Å². The molecule has 1 aromatic carbocycles. The first-order valence-electron chi connectivity index (χ1n) is 7.60. The monoisotopic (exact) mass is 346 g/mol. The molecule has 2 rings (SSSR count). The molecule has 0 fully saturated rings. The highest BCUT2D eigenvalue weighted by Crippen LogP contribution is 2.10. The second-order valence-electron chi connectivity index (χ2n) is 4.97. The molecule has 128 valence electrons. The lowest BCUT2D eigenvalue weighted by Crippen LogP contribution is -2.41. The maximum absolute atomic E-state index is 12.0. The van der Waals surface area contributed by atoms with Gasteiger partial charge in [0.25, 0.3) is 5.91 Å². The first-order valence-corrected chi connectivity index (χ1v) is 8.55. The van der Waals surface area contributed by atoms with Crippen LogP contribution in [0.1, 0.15) is 15.9 Å². The number of aliphatic imine (C=N–C) groups is 1. The van der Waals surface area contributed by atoms with Gasteiger partial charge >= 0.3 is 0 Å². The van der Waals surface area contributed by atoms with Crippen molar-refractivity contribution in [1.29, 1.82) is 0 Å². The van der Waals surface area contributed by atoms with E-state index in [-0.39, 0.29) is 5.91 Å². The molecule has 0 saturated heterocycles. The Morgan fingerprint density at radius 2 is 1.88 bits per heavy atom. The van der Waals surface area contributed by atoms with Gasteiger partial charge in [0.15, 0.2) is 5.96 Å². The Morgan fingerprint density at radius 3 is 2.50 bits per heavy atom. The van der Waals surface area contributed by atoms with Gasteiger partial charge in [0.05, 0.1) is 7.11 Å². The summed E-state index contributed by atoms with van der Waals surface area (Å²) >= 11 is 1.67. The molecular weight excluding hydrogens is 324 g/mol. The molecule has 3 N–H and O–H groups in total. The minimum atomic E-state index is -0.110. The van der Waals surface area contributed by atoms with Crippen LogP contribution in [0.25, 0.3) is 0 Å². The zero-order chi connectivity index (χ0) is 17.2. The van der Waals surface area contributed by atoms with Crippen molar-refractivity contribution in [3.05, 3.63) is 52.2 Å². The lowest BCUT2D eigenvalue weighted by atomic mass is 10.2. The maximum atomic E-state index is 12.0. The van der Waals surface area contributed by atoms with E-state index in [2.05, 4.69) is 32.4 Å². The van der Waals surface area contributed by atoms with Gasteiger partial charge < -0.3 is 20.7 Å². The van der Waals surface area contributed by atoms with Crippen LogP contribution in [0.3, 0.4) is 0 Å². The van der Waals surface area contributed by atoms with Crippen LogP contribution in [0.5, 0.6) is 5.75 Å². The fourth-order valence-electron chi connectivity index (χ4n) is 2.00. The lowest BCUT2D eigenvalue weighted by molar-refractivity contribution is 0.0954. The highest BCUT2D eigenvalue weighted by atomic mass is 32.1. The van der Waals surface area contributed by atoms with Crippen LogP contribution in [-0.4, -0.2) is 39.1 Å². The number of carbonyl (C=O) groups is 1. The van der Waals surface area contributed by atoms with Gasteiger partial charge in [0, 0.05) is 32.2 Å². The first kappa shape index (κ1) is 17.8. The van der Waals surface area contributed by atoms with E-state index in [0.717, 1.165) is 12.3 Å². The Morgan fingerprint density at radius 1 is 1.12 bits per heavy atom. The molecule has 1 aromatic heterocycles. The van der Waals surface area contributed by atoms with Gasteiger partial charge in [-0.2, -0.15) is 11.3 Å². The summed E-state index contributed by atoms with van der Waals surface area (Å²) in [5, 5.41) is 13.4. The molecular formula is C17H22N4O2S. The van der Waals surface area contributed by atoms with Crippen molar-refractivity contribution in [1.82, 2.24) is 16.0 Å². The van der Waals surface area contributed by atoms with Crippen LogP contribution < -0.4 is 20.7 Å². The van der Waals surface area contributed by atoms with Crippen molar-refractivity contribution in [3.8, 4) is 5.75 Å². The third-order valence-corrected chi connectivity index (χ3v) is 4.05. The zero-order valence-corrected chi connectivity index (χ0v) is 14.7. The Hall–Kier alpha value is -2.54. The van der Waals surface area contributed by atoms with E-state index in [1.165, 1.54) is 5.56 Å². The number of nitrogens with zero attached hydrogens (tertiary/aromatic N) is 1. The molecule has 6 nitrogen and oxygen atoms in total. The molecule has 1 amide bonds. The second kappa shape index (κ2) is 9.57. The molecule has 0 saturated carbocycles. The molecule has 7 heteroatoms. The number of nitrogens with one attached hydrogen (secondary N) is 3. The molecule has 0 unspecified atom stereocenters. The maximum Gasteiger partial charge on any atom is 0.251 e. The fourth-order valence-corrected chi connectivity index (χ4v) is 2.67. The number of rotatable bonds is 7. The van der Waals surface area contributed by atoms with Crippen LogP contribution in [0.4, 0.5) is 0 Å². The molecule has 1 heterocycles. The third-order valence-electron chi connectivity index (χ3n) is 3.32. The van der Waals surface area contributed by atoms with Crippen molar-refractivity contribution in [2.75, 3.05) is 27.2 Å². The summed E-state index contributed by atoms with van der Waals surface area (Å²) in [7, 11) is 3.32. The summed E-state index contributed by atoms with van der Waals surface area (Å²) in [6.45, 7) is 1.82. The number of methoxy groups -OCH3 is 1. The molecule has 24 heavy (non-hydrogen) atoms. The predicted octanol–water partition coefficient (Wildman–Crippen LogP) is 1.85. The smallest absolute Gasteiger partial charge is 0.251 e. The van der Waals surface area contributed by atoms with Crippen LogP contribution in [0.2, 0.25) is 0 Å². The van der Waals surface area contributed by atoms with Crippen LogP contribution in [0.15, 0.2) is 46.1 Å². The quantitative estimate of drug-likeness (QED) is 0.406. The minimum absolute atomic E-state index is 0.110. The molecule has 0 bridgehead atoms. The largest absolute Gasteiger partial charge is 0.497 e. The van der Waals surface area contributed by atoms with Crippen molar-refractivity contribution in [3.63, 3.8) is 0 Å². The number of hydrogen-bond acceptors (Lipinski definition) is 4. The van der Waals surface area contributed by atoms with E-state index in [0.29, 0.717) is 24.6 Å². The van der Waals surface area contributed by atoms with Gasteiger partial charge in [0.1, 0.15) is 5.75 Å². The molecule has 0 aliphatic heterocycles.